The number of halogens is 1. The molecule has 0 aliphatic carbocycles. The maximum Gasteiger partial charge on any atom is 0.292 e. The van der Waals surface area contributed by atoms with Crippen LogP contribution in [0, 0.1) is 10.1 Å². The van der Waals surface area contributed by atoms with Crippen molar-refractivity contribution in [3.05, 3.63) is 51.5 Å². The van der Waals surface area contributed by atoms with Crippen LogP contribution in [0.15, 0.2) is 36.4 Å². The number of nitro groups is 1. The Morgan fingerprint density at radius 2 is 2.10 bits per heavy atom. The van der Waals surface area contributed by atoms with Crippen LogP contribution in [0.25, 0.3) is 10.2 Å². The van der Waals surface area contributed by atoms with Crippen molar-refractivity contribution in [2.75, 3.05) is 11.1 Å². The molecule has 1 heterocycles. The predicted octanol–water partition coefficient (Wildman–Crippen LogP) is 4.18. The van der Waals surface area contributed by atoms with Crippen LogP contribution < -0.4 is 11.1 Å². The third-order valence-corrected chi connectivity index (χ3v) is 3.99. The van der Waals surface area contributed by atoms with E-state index in [-0.39, 0.29) is 11.4 Å². The molecule has 0 amide bonds. The Kier molecular flexibility index (Phi) is 3.36. The number of nitrogens with two attached hydrogens (primary N) is 1. The van der Waals surface area contributed by atoms with E-state index in [0.29, 0.717) is 15.8 Å². The van der Waals surface area contributed by atoms with E-state index in [9.17, 15) is 10.1 Å². The Labute approximate surface area is 128 Å². The molecule has 0 radical (unpaired) electrons. The van der Waals surface area contributed by atoms with Gasteiger partial charge >= 0.3 is 0 Å². The highest BCUT2D eigenvalue weighted by molar-refractivity contribution is 7.22. The Morgan fingerprint density at radius 1 is 1.29 bits per heavy atom. The van der Waals surface area contributed by atoms with E-state index in [4.69, 9.17) is 17.3 Å². The molecule has 21 heavy (non-hydrogen) atoms. The first-order valence-electron chi connectivity index (χ1n) is 5.90. The number of nitrogens with one attached hydrogen (secondary N) is 1. The summed E-state index contributed by atoms with van der Waals surface area (Å²) < 4.78 is 0.958. The van der Waals surface area contributed by atoms with E-state index in [1.54, 1.807) is 12.1 Å². The molecule has 6 nitrogen and oxygen atoms in total. The molecule has 3 N–H and O–H groups in total. The Morgan fingerprint density at radius 3 is 2.81 bits per heavy atom. The number of aromatic nitrogens is 1. The minimum atomic E-state index is -0.515. The number of hydrogen-bond donors (Lipinski definition) is 2. The predicted molar refractivity (Wildman–Crippen MR) is 85.4 cm³/mol. The van der Waals surface area contributed by atoms with Gasteiger partial charge in [0.1, 0.15) is 5.69 Å². The van der Waals surface area contributed by atoms with Crippen LogP contribution in [-0.4, -0.2) is 9.91 Å². The van der Waals surface area contributed by atoms with Gasteiger partial charge in [0.05, 0.1) is 15.1 Å². The van der Waals surface area contributed by atoms with Crippen LogP contribution in [0.1, 0.15) is 0 Å². The van der Waals surface area contributed by atoms with Crippen molar-refractivity contribution in [2.45, 2.75) is 0 Å². The van der Waals surface area contributed by atoms with Gasteiger partial charge in [0.25, 0.3) is 5.69 Å². The second kappa shape index (κ2) is 5.19. The van der Waals surface area contributed by atoms with Crippen molar-refractivity contribution < 1.29 is 4.92 Å². The summed E-state index contributed by atoms with van der Waals surface area (Å²) in [6.07, 6.45) is 0. The van der Waals surface area contributed by atoms with Crippen molar-refractivity contribution in [1.82, 2.24) is 4.98 Å². The molecule has 0 saturated carbocycles. The number of thiazole rings is 1. The van der Waals surface area contributed by atoms with Crippen molar-refractivity contribution in [3.8, 4) is 0 Å². The van der Waals surface area contributed by atoms with E-state index in [0.717, 1.165) is 10.2 Å². The highest BCUT2D eigenvalue weighted by atomic mass is 35.5. The average molecular weight is 321 g/mol. The molecule has 3 rings (SSSR count). The fraction of sp³-hybridized carbons (Fsp3) is 0. The lowest BCUT2D eigenvalue weighted by Crippen LogP contribution is -1.97. The number of anilines is 3. The molecule has 0 bridgehead atoms. The Bertz CT molecular complexity index is 849. The van der Waals surface area contributed by atoms with Crippen LogP contribution in [0.5, 0.6) is 0 Å². The molecule has 0 fully saturated rings. The minimum Gasteiger partial charge on any atom is -0.393 e. The average Bonchev–Trinajstić information content (AvgIpc) is 2.79. The maximum absolute atomic E-state index is 10.7. The fourth-order valence-electron chi connectivity index (χ4n) is 1.87. The van der Waals surface area contributed by atoms with Gasteiger partial charge in [-0.15, -0.1) is 0 Å². The number of nitrogens with zero attached hydrogens (tertiary/aromatic N) is 2. The Hall–Kier alpha value is -2.38. The summed E-state index contributed by atoms with van der Waals surface area (Å²) in [4.78, 5) is 14.6. The Balaban J connectivity index is 1.91. The molecule has 0 aliphatic rings. The molecule has 106 valence electrons. The monoisotopic (exact) mass is 320 g/mol. The number of benzene rings is 2. The zero-order valence-corrected chi connectivity index (χ0v) is 12.1. The fourth-order valence-corrected chi connectivity index (χ4v) is 3.04. The zero-order chi connectivity index (χ0) is 15.0. The van der Waals surface area contributed by atoms with Crippen LogP contribution in [0.3, 0.4) is 0 Å². The van der Waals surface area contributed by atoms with Crippen molar-refractivity contribution in [3.63, 3.8) is 0 Å². The van der Waals surface area contributed by atoms with Crippen LogP contribution in [0.2, 0.25) is 5.02 Å². The van der Waals surface area contributed by atoms with Gasteiger partial charge in [-0.05, 0) is 30.3 Å². The number of rotatable bonds is 3. The minimum absolute atomic E-state index is 0.106. The van der Waals surface area contributed by atoms with E-state index in [1.807, 2.05) is 12.1 Å². The van der Waals surface area contributed by atoms with Crippen molar-refractivity contribution in [1.29, 1.82) is 0 Å². The summed E-state index contributed by atoms with van der Waals surface area (Å²) in [6, 6.07) is 9.91. The molecule has 0 aliphatic heterocycles. The molecule has 1 aromatic heterocycles. The van der Waals surface area contributed by atoms with Gasteiger partial charge in [-0.1, -0.05) is 22.9 Å². The highest BCUT2D eigenvalue weighted by Gasteiger charge is 2.12. The van der Waals surface area contributed by atoms with E-state index in [2.05, 4.69) is 10.3 Å². The largest absolute Gasteiger partial charge is 0.393 e. The molecule has 0 unspecified atom stereocenters. The quantitative estimate of drug-likeness (QED) is 0.429. The second-order valence-corrected chi connectivity index (χ2v) is 5.75. The number of hydrogen-bond acceptors (Lipinski definition) is 6. The SMILES string of the molecule is Nc1cc(Nc2nc3ccc(Cl)cc3s2)ccc1[N+](=O)[O-]. The maximum atomic E-state index is 10.7. The molecule has 0 saturated heterocycles. The second-order valence-electron chi connectivity index (χ2n) is 4.29. The first-order valence-corrected chi connectivity index (χ1v) is 7.09. The number of nitrogen functional groups attached to an aromatic ring is 1. The topological polar surface area (TPSA) is 94.1 Å². The van der Waals surface area contributed by atoms with Crippen molar-refractivity contribution >= 4 is 55.3 Å². The standard InChI is InChI=1S/C13H9ClN4O2S/c14-7-1-3-10-12(5-7)21-13(17-10)16-8-2-4-11(18(19)20)9(15)6-8/h1-6H,15H2,(H,16,17). The summed E-state index contributed by atoms with van der Waals surface area (Å²) in [5, 5.41) is 15.1. The lowest BCUT2D eigenvalue weighted by atomic mass is 10.2. The normalized spacial score (nSPS) is 10.7. The van der Waals surface area contributed by atoms with Gasteiger partial charge in [0.2, 0.25) is 0 Å². The van der Waals surface area contributed by atoms with Gasteiger partial charge in [-0.25, -0.2) is 4.98 Å². The highest BCUT2D eigenvalue weighted by Crippen LogP contribution is 2.32. The first-order chi connectivity index (χ1) is 10.0. The van der Waals surface area contributed by atoms with E-state index >= 15 is 0 Å². The summed E-state index contributed by atoms with van der Waals surface area (Å²) in [5.74, 6) is 0. The first kappa shape index (κ1) is 13.6. The lowest BCUT2D eigenvalue weighted by molar-refractivity contribution is -0.383. The van der Waals surface area contributed by atoms with Gasteiger partial charge in [-0.3, -0.25) is 10.1 Å². The molecule has 8 heteroatoms. The number of fused-ring (bicyclic) bond motifs is 1. The number of nitro benzene ring substituents is 1. The van der Waals surface area contributed by atoms with Crippen molar-refractivity contribution in [2.24, 2.45) is 0 Å². The van der Waals surface area contributed by atoms with Gasteiger partial charge in [-0.2, -0.15) is 0 Å². The van der Waals surface area contributed by atoms with E-state index in [1.165, 1.54) is 23.5 Å². The molecular weight excluding hydrogens is 312 g/mol. The summed E-state index contributed by atoms with van der Waals surface area (Å²) in [7, 11) is 0. The van der Waals surface area contributed by atoms with Gasteiger partial charge in [0, 0.05) is 16.8 Å². The molecule has 3 aromatic rings. The van der Waals surface area contributed by atoms with E-state index < -0.39 is 4.92 Å². The van der Waals surface area contributed by atoms with Gasteiger partial charge < -0.3 is 11.1 Å². The summed E-state index contributed by atoms with van der Waals surface area (Å²) in [5.41, 5.74) is 7.12. The summed E-state index contributed by atoms with van der Waals surface area (Å²) in [6.45, 7) is 0. The van der Waals surface area contributed by atoms with Gasteiger partial charge in [0.15, 0.2) is 5.13 Å². The molecule has 0 atom stereocenters. The third-order valence-electron chi connectivity index (χ3n) is 2.83. The van der Waals surface area contributed by atoms with Crippen LogP contribution in [0.4, 0.5) is 22.2 Å². The zero-order valence-electron chi connectivity index (χ0n) is 10.5. The van der Waals surface area contributed by atoms with Crippen LogP contribution >= 0.6 is 22.9 Å². The molecule has 2 aromatic carbocycles. The molecular formula is C13H9ClN4O2S. The van der Waals surface area contributed by atoms with Crippen LogP contribution in [-0.2, 0) is 0 Å². The lowest BCUT2D eigenvalue weighted by Gasteiger charge is -2.03. The summed E-state index contributed by atoms with van der Waals surface area (Å²) >= 11 is 7.38. The molecule has 0 spiro atoms. The third kappa shape index (κ3) is 2.74. The smallest absolute Gasteiger partial charge is 0.292 e.